The van der Waals surface area contributed by atoms with Gasteiger partial charge in [0.15, 0.2) is 5.03 Å². The van der Waals surface area contributed by atoms with Gasteiger partial charge in [-0.3, -0.25) is 4.68 Å². The highest BCUT2D eigenvalue weighted by molar-refractivity contribution is 7.89. The van der Waals surface area contributed by atoms with Gasteiger partial charge in [-0.2, -0.15) is 9.40 Å². The molecule has 0 unspecified atom stereocenters. The van der Waals surface area contributed by atoms with Gasteiger partial charge >= 0.3 is 0 Å². The van der Waals surface area contributed by atoms with Gasteiger partial charge in [-0.05, 0) is 59.9 Å². The number of methoxy groups -OCH3 is 2. The Kier molecular flexibility index (Phi) is 8.30. The molecule has 9 heteroatoms. The maximum absolute atomic E-state index is 13.9. The SMILES string of the molecule is COc1ccc(CN(Cc2ccc(OC)cc2)S(=O)(=O)c2ccn([C@@H]3CC[C@@H]3OCc3ccccc3)n2)cc1. The minimum Gasteiger partial charge on any atom is -0.497 e. The Labute approximate surface area is 229 Å². The van der Waals surface area contributed by atoms with Crippen molar-refractivity contribution in [2.75, 3.05) is 14.2 Å². The smallest absolute Gasteiger partial charge is 0.262 e. The lowest BCUT2D eigenvalue weighted by molar-refractivity contribution is -0.0533. The molecule has 1 heterocycles. The summed E-state index contributed by atoms with van der Waals surface area (Å²) in [5, 5.41) is 4.56. The van der Waals surface area contributed by atoms with Gasteiger partial charge in [-0.15, -0.1) is 0 Å². The van der Waals surface area contributed by atoms with Crippen LogP contribution in [-0.4, -0.2) is 42.8 Å². The second-order valence-electron chi connectivity index (χ2n) is 9.58. The summed E-state index contributed by atoms with van der Waals surface area (Å²) in [6, 6.07) is 26.4. The molecule has 0 amide bonds. The highest BCUT2D eigenvalue weighted by Gasteiger charge is 2.35. The molecule has 2 atom stereocenters. The topological polar surface area (TPSA) is 82.9 Å². The van der Waals surface area contributed by atoms with Crippen LogP contribution in [0.3, 0.4) is 0 Å². The first-order valence-electron chi connectivity index (χ1n) is 12.9. The first-order valence-corrected chi connectivity index (χ1v) is 14.4. The molecule has 4 aromatic rings. The third-order valence-corrected chi connectivity index (χ3v) is 8.73. The van der Waals surface area contributed by atoms with Crippen molar-refractivity contribution in [1.29, 1.82) is 0 Å². The molecule has 0 N–H and O–H groups in total. The predicted octanol–water partition coefficient (Wildman–Crippen LogP) is 5.21. The molecular weight excluding hydrogens is 514 g/mol. The van der Waals surface area contributed by atoms with E-state index in [-0.39, 0.29) is 30.3 Å². The third-order valence-electron chi connectivity index (χ3n) is 7.05. The van der Waals surface area contributed by atoms with E-state index < -0.39 is 10.0 Å². The van der Waals surface area contributed by atoms with Crippen LogP contribution in [0, 0.1) is 0 Å². The molecule has 1 aliphatic carbocycles. The maximum atomic E-state index is 13.9. The summed E-state index contributed by atoms with van der Waals surface area (Å²) in [7, 11) is -0.696. The number of rotatable bonds is 12. The molecule has 39 heavy (non-hydrogen) atoms. The van der Waals surface area contributed by atoms with Gasteiger partial charge in [-0.25, -0.2) is 8.42 Å². The molecule has 1 fully saturated rings. The summed E-state index contributed by atoms with van der Waals surface area (Å²) in [6.07, 6.45) is 3.55. The van der Waals surface area contributed by atoms with Gasteiger partial charge < -0.3 is 14.2 Å². The van der Waals surface area contributed by atoms with Crippen LogP contribution in [0.5, 0.6) is 11.5 Å². The van der Waals surface area contributed by atoms with Crippen molar-refractivity contribution in [3.63, 3.8) is 0 Å². The van der Waals surface area contributed by atoms with E-state index in [1.807, 2.05) is 78.9 Å². The summed E-state index contributed by atoms with van der Waals surface area (Å²) < 4.78 is 47.6. The summed E-state index contributed by atoms with van der Waals surface area (Å²) >= 11 is 0. The van der Waals surface area contributed by atoms with Crippen LogP contribution < -0.4 is 9.47 Å². The molecule has 0 spiro atoms. The van der Waals surface area contributed by atoms with E-state index in [4.69, 9.17) is 14.2 Å². The van der Waals surface area contributed by atoms with E-state index >= 15 is 0 Å². The number of benzene rings is 3. The predicted molar refractivity (Wildman–Crippen MR) is 148 cm³/mol. The first kappa shape index (κ1) is 26.9. The molecule has 1 aromatic heterocycles. The van der Waals surface area contributed by atoms with Crippen molar-refractivity contribution in [3.05, 3.63) is 108 Å². The minimum absolute atomic E-state index is 0.00429. The van der Waals surface area contributed by atoms with Crippen LogP contribution in [-0.2, 0) is 34.5 Å². The van der Waals surface area contributed by atoms with Crippen molar-refractivity contribution in [3.8, 4) is 11.5 Å². The van der Waals surface area contributed by atoms with Crippen LogP contribution in [0.15, 0.2) is 96.2 Å². The Balaban J connectivity index is 1.34. The average Bonchev–Trinajstić information content (AvgIpc) is 3.44. The zero-order chi connectivity index (χ0) is 27.2. The van der Waals surface area contributed by atoms with Crippen molar-refractivity contribution < 1.29 is 22.6 Å². The molecule has 1 saturated carbocycles. The molecule has 0 aliphatic heterocycles. The van der Waals surface area contributed by atoms with Crippen LogP contribution in [0.1, 0.15) is 35.6 Å². The Morgan fingerprint density at radius 2 is 1.38 bits per heavy atom. The zero-order valence-corrected chi connectivity index (χ0v) is 23.0. The van der Waals surface area contributed by atoms with Crippen LogP contribution in [0.2, 0.25) is 0 Å². The second kappa shape index (κ2) is 12.0. The molecule has 5 rings (SSSR count). The van der Waals surface area contributed by atoms with Gasteiger partial charge in [0.1, 0.15) is 11.5 Å². The molecule has 8 nitrogen and oxygen atoms in total. The monoisotopic (exact) mass is 547 g/mol. The second-order valence-corrected chi connectivity index (χ2v) is 11.5. The lowest BCUT2D eigenvalue weighted by Gasteiger charge is -2.36. The van der Waals surface area contributed by atoms with Gasteiger partial charge in [-0.1, -0.05) is 54.6 Å². The molecular formula is C30H33N3O5S. The van der Waals surface area contributed by atoms with Gasteiger partial charge in [0.05, 0.1) is 33.0 Å². The Hall–Kier alpha value is -3.66. The third kappa shape index (κ3) is 6.33. The van der Waals surface area contributed by atoms with Gasteiger partial charge in [0, 0.05) is 19.3 Å². The minimum atomic E-state index is -3.90. The molecule has 0 radical (unpaired) electrons. The molecule has 3 aromatic carbocycles. The summed E-state index contributed by atoms with van der Waals surface area (Å²) in [6.45, 7) is 0.904. The van der Waals surface area contributed by atoms with E-state index in [0.717, 1.165) is 29.5 Å². The molecule has 0 bridgehead atoms. The lowest BCUT2D eigenvalue weighted by atomic mass is 9.89. The summed E-state index contributed by atoms with van der Waals surface area (Å²) in [5.41, 5.74) is 2.81. The fourth-order valence-corrected chi connectivity index (χ4v) is 5.93. The van der Waals surface area contributed by atoms with Crippen LogP contribution in [0.25, 0.3) is 0 Å². The van der Waals surface area contributed by atoms with Gasteiger partial charge in [0.25, 0.3) is 10.0 Å². The number of aromatic nitrogens is 2. The average molecular weight is 548 g/mol. The highest BCUT2D eigenvalue weighted by Crippen LogP contribution is 2.35. The van der Waals surface area contributed by atoms with Gasteiger partial charge in [0.2, 0.25) is 0 Å². The maximum Gasteiger partial charge on any atom is 0.262 e. The quantitative estimate of drug-likeness (QED) is 0.242. The van der Waals surface area contributed by atoms with E-state index in [1.54, 1.807) is 31.2 Å². The number of sulfonamides is 1. The highest BCUT2D eigenvalue weighted by atomic mass is 32.2. The Bertz CT molecular complexity index is 1410. The lowest BCUT2D eigenvalue weighted by Crippen LogP contribution is -2.37. The molecule has 1 aliphatic rings. The molecule has 0 saturated heterocycles. The van der Waals surface area contributed by atoms with E-state index in [1.165, 1.54) is 4.31 Å². The van der Waals surface area contributed by atoms with Crippen molar-refractivity contribution in [1.82, 2.24) is 14.1 Å². The fraction of sp³-hybridized carbons (Fsp3) is 0.300. The normalized spacial score (nSPS) is 17.1. The van der Waals surface area contributed by atoms with Crippen molar-refractivity contribution in [2.24, 2.45) is 0 Å². The fourth-order valence-electron chi connectivity index (χ4n) is 4.60. The molecule has 204 valence electrons. The van der Waals surface area contributed by atoms with Crippen LogP contribution >= 0.6 is 0 Å². The zero-order valence-electron chi connectivity index (χ0n) is 22.1. The number of ether oxygens (including phenoxy) is 3. The van der Waals surface area contributed by atoms with E-state index in [9.17, 15) is 8.42 Å². The van der Waals surface area contributed by atoms with Crippen molar-refractivity contribution in [2.45, 2.75) is 49.7 Å². The summed E-state index contributed by atoms with van der Waals surface area (Å²) in [4.78, 5) is 0. The Morgan fingerprint density at radius 1 is 0.795 bits per heavy atom. The first-order chi connectivity index (χ1) is 19.0. The van der Waals surface area contributed by atoms with E-state index in [2.05, 4.69) is 5.10 Å². The number of hydrogen-bond acceptors (Lipinski definition) is 6. The number of hydrogen-bond donors (Lipinski definition) is 0. The Morgan fingerprint density at radius 3 is 1.90 bits per heavy atom. The largest absolute Gasteiger partial charge is 0.497 e. The summed E-state index contributed by atoms with van der Waals surface area (Å²) in [5.74, 6) is 1.43. The number of nitrogens with zero attached hydrogens (tertiary/aromatic N) is 3. The van der Waals surface area contributed by atoms with E-state index in [0.29, 0.717) is 18.1 Å². The van der Waals surface area contributed by atoms with Crippen molar-refractivity contribution >= 4 is 10.0 Å². The standard InChI is InChI=1S/C30H33N3O5S/c1-36-26-12-8-23(9-13-26)20-32(21-24-10-14-27(37-2)15-11-24)39(34,35)30-18-19-33(31-30)28-16-17-29(28)38-22-25-6-4-3-5-7-25/h3-15,18-19,28-29H,16-17,20-22H2,1-2H3/t28-,29+/m1/s1. The van der Waals surface area contributed by atoms with Crippen LogP contribution in [0.4, 0.5) is 0 Å².